The number of rotatable bonds is 5. The molecule has 4 nitrogen and oxygen atoms in total. The van der Waals surface area contributed by atoms with Crippen molar-refractivity contribution in [3.63, 3.8) is 0 Å². The Kier molecular flexibility index (Phi) is 5.32. The number of hydrogen-bond acceptors (Lipinski definition) is 3. The molecular weight excluding hydrogens is 264 g/mol. The number of likely N-dealkylation sites (tertiary alicyclic amines) is 1. The van der Waals surface area contributed by atoms with Crippen LogP contribution in [0, 0.1) is 5.92 Å². The number of piperidine rings is 1. The quantitative estimate of drug-likeness (QED) is 0.800. The van der Waals surface area contributed by atoms with Gasteiger partial charge in [0, 0.05) is 13.0 Å². The summed E-state index contributed by atoms with van der Waals surface area (Å²) in [7, 11) is 0. The van der Waals surface area contributed by atoms with Gasteiger partial charge in [-0.05, 0) is 44.8 Å². The molecule has 0 aliphatic carbocycles. The van der Waals surface area contributed by atoms with Crippen molar-refractivity contribution in [2.24, 2.45) is 5.92 Å². The van der Waals surface area contributed by atoms with Gasteiger partial charge in [0.15, 0.2) is 0 Å². The molecule has 2 heterocycles. The Morgan fingerprint density at radius 1 is 1.40 bits per heavy atom. The molecule has 0 aromatic carbocycles. The Balaban J connectivity index is 1.65. The fourth-order valence-electron chi connectivity index (χ4n) is 3.00. The molecular formula is C14H25F2N3O. The number of halogens is 2. The Morgan fingerprint density at radius 3 is 2.65 bits per heavy atom. The Morgan fingerprint density at radius 2 is 2.10 bits per heavy atom. The van der Waals surface area contributed by atoms with Crippen LogP contribution in [-0.4, -0.2) is 55.5 Å². The molecule has 0 aromatic heterocycles. The normalized spacial score (nSPS) is 27.6. The van der Waals surface area contributed by atoms with Crippen molar-refractivity contribution in [2.45, 2.75) is 44.6 Å². The van der Waals surface area contributed by atoms with Crippen LogP contribution in [0.3, 0.4) is 0 Å². The number of carbonyl (C=O) groups excluding carboxylic acids is 1. The average Bonchev–Trinajstić information content (AvgIpc) is 2.78. The molecule has 0 saturated carbocycles. The molecule has 116 valence electrons. The number of amides is 1. The Bertz CT molecular complexity index is 330. The standard InChI is InChI=1S/C14H25F2N3O/c1-2-5-19-6-3-11(4-7-19)9-17-13(20)12-8-14(15,16)10-18-12/h11-12,18H,2-10H2,1H3,(H,17,20). The van der Waals surface area contributed by atoms with E-state index in [0.29, 0.717) is 12.5 Å². The molecule has 0 spiro atoms. The zero-order valence-electron chi connectivity index (χ0n) is 12.1. The molecule has 0 aromatic rings. The molecule has 2 aliphatic rings. The van der Waals surface area contributed by atoms with E-state index in [2.05, 4.69) is 22.5 Å². The maximum absolute atomic E-state index is 13.0. The third-order valence-electron chi connectivity index (χ3n) is 4.24. The van der Waals surface area contributed by atoms with Crippen LogP contribution < -0.4 is 10.6 Å². The van der Waals surface area contributed by atoms with Gasteiger partial charge in [0.25, 0.3) is 5.92 Å². The van der Waals surface area contributed by atoms with Crippen molar-refractivity contribution in [3.8, 4) is 0 Å². The van der Waals surface area contributed by atoms with Crippen LogP contribution in [-0.2, 0) is 4.79 Å². The summed E-state index contributed by atoms with van der Waals surface area (Å²) in [4.78, 5) is 14.3. The van der Waals surface area contributed by atoms with Crippen LogP contribution in [0.4, 0.5) is 8.78 Å². The summed E-state index contributed by atoms with van der Waals surface area (Å²) < 4.78 is 26.0. The van der Waals surface area contributed by atoms with Gasteiger partial charge in [-0.1, -0.05) is 6.92 Å². The summed E-state index contributed by atoms with van der Waals surface area (Å²) in [5.41, 5.74) is 0. The molecule has 20 heavy (non-hydrogen) atoms. The van der Waals surface area contributed by atoms with E-state index in [4.69, 9.17) is 0 Å². The molecule has 6 heteroatoms. The number of alkyl halides is 2. The summed E-state index contributed by atoms with van der Waals surface area (Å²) in [6.45, 7) is 5.70. The van der Waals surface area contributed by atoms with E-state index in [1.807, 2.05) is 0 Å². The van der Waals surface area contributed by atoms with E-state index in [1.54, 1.807) is 0 Å². The Labute approximate surface area is 119 Å². The molecule has 0 radical (unpaired) electrons. The van der Waals surface area contributed by atoms with Crippen LogP contribution in [0.5, 0.6) is 0 Å². The first kappa shape index (κ1) is 15.6. The number of carbonyl (C=O) groups is 1. The lowest BCUT2D eigenvalue weighted by molar-refractivity contribution is -0.123. The lowest BCUT2D eigenvalue weighted by Crippen LogP contribution is -2.44. The van der Waals surface area contributed by atoms with Crippen LogP contribution >= 0.6 is 0 Å². The number of nitrogens with one attached hydrogen (secondary N) is 2. The predicted octanol–water partition coefficient (Wildman–Crippen LogP) is 1.22. The molecule has 2 aliphatic heterocycles. The van der Waals surface area contributed by atoms with Gasteiger partial charge in [-0.3, -0.25) is 10.1 Å². The van der Waals surface area contributed by atoms with Crippen molar-refractivity contribution in [2.75, 3.05) is 32.7 Å². The van der Waals surface area contributed by atoms with E-state index in [1.165, 1.54) is 6.42 Å². The largest absolute Gasteiger partial charge is 0.354 e. The van der Waals surface area contributed by atoms with Crippen molar-refractivity contribution < 1.29 is 13.6 Å². The summed E-state index contributed by atoms with van der Waals surface area (Å²) >= 11 is 0. The van der Waals surface area contributed by atoms with E-state index in [-0.39, 0.29) is 18.9 Å². The molecule has 1 unspecified atom stereocenters. The van der Waals surface area contributed by atoms with Crippen molar-refractivity contribution in [3.05, 3.63) is 0 Å². The highest BCUT2D eigenvalue weighted by Crippen LogP contribution is 2.25. The average molecular weight is 289 g/mol. The highest BCUT2D eigenvalue weighted by Gasteiger charge is 2.42. The minimum absolute atomic E-state index is 0.279. The molecule has 1 amide bonds. The van der Waals surface area contributed by atoms with Crippen molar-refractivity contribution in [1.82, 2.24) is 15.5 Å². The lowest BCUT2D eigenvalue weighted by atomic mass is 9.96. The third kappa shape index (κ3) is 4.38. The first-order valence-electron chi connectivity index (χ1n) is 7.61. The predicted molar refractivity (Wildman–Crippen MR) is 73.8 cm³/mol. The van der Waals surface area contributed by atoms with E-state index >= 15 is 0 Å². The SMILES string of the molecule is CCCN1CCC(CNC(=O)C2CC(F)(F)CN2)CC1. The van der Waals surface area contributed by atoms with Crippen molar-refractivity contribution >= 4 is 5.91 Å². The molecule has 2 N–H and O–H groups in total. The molecule has 2 fully saturated rings. The van der Waals surface area contributed by atoms with Crippen LogP contribution in [0.25, 0.3) is 0 Å². The highest BCUT2D eigenvalue weighted by atomic mass is 19.3. The fourth-order valence-corrected chi connectivity index (χ4v) is 3.00. The third-order valence-corrected chi connectivity index (χ3v) is 4.24. The smallest absolute Gasteiger partial charge is 0.262 e. The number of nitrogens with zero attached hydrogens (tertiary/aromatic N) is 1. The lowest BCUT2D eigenvalue weighted by Gasteiger charge is -2.31. The van der Waals surface area contributed by atoms with Crippen LogP contribution in [0.2, 0.25) is 0 Å². The van der Waals surface area contributed by atoms with Gasteiger partial charge in [0.2, 0.25) is 5.91 Å². The minimum atomic E-state index is -2.74. The van der Waals surface area contributed by atoms with Gasteiger partial charge >= 0.3 is 0 Å². The van der Waals surface area contributed by atoms with Crippen LogP contribution in [0.15, 0.2) is 0 Å². The monoisotopic (exact) mass is 289 g/mol. The van der Waals surface area contributed by atoms with E-state index in [0.717, 1.165) is 32.5 Å². The summed E-state index contributed by atoms with van der Waals surface area (Å²) in [6, 6.07) is -0.731. The van der Waals surface area contributed by atoms with E-state index < -0.39 is 12.0 Å². The van der Waals surface area contributed by atoms with Crippen LogP contribution in [0.1, 0.15) is 32.6 Å². The second kappa shape index (κ2) is 6.80. The van der Waals surface area contributed by atoms with Gasteiger partial charge in [-0.2, -0.15) is 0 Å². The maximum atomic E-state index is 13.0. The molecule has 2 rings (SSSR count). The maximum Gasteiger partial charge on any atom is 0.262 e. The molecule has 2 saturated heterocycles. The molecule has 1 atom stereocenters. The van der Waals surface area contributed by atoms with Gasteiger partial charge in [-0.25, -0.2) is 8.78 Å². The topological polar surface area (TPSA) is 44.4 Å². The van der Waals surface area contributed by atoms with Gasteiger partial charge in [0.1, 0.15) is 0 Å². The van der Waals surface area contributed by atoms with Gasteiger partial charge < -0.3 is 10.2 Å². The van der Waals surface area contributed by atoms with E-state index in [9.17, 15) is 13.6 Å². The second-order valence-electron chi connectivity index (χ2n) is 6.02. The summed E-state index contributed by atoms with van der Waals surface area (Å²) in [6.07, 6.45) is 2.94. The highest BCUT2D eigenvalue weighted by molar-refractivity contribution is 5.82. The Hall–Kier alpha value is -0.750. The first-order valence-corrected chi connectivity index (χ1v) is 7.61. The summed E-state index contributed by atoms with van der Waals surface area (Å²) in [5, 5.41) is 5.41. The zero-order chi connectivity index (χ0) is 14.6. The number of hydrogen-bond donors (Lipinski definition) is 2. The van der Waals surface area contributed by atoms with Gasteiger partial charge in [-0.15, -0.1) is 0 Å². The first-order chi connectivity index (χ1) is 9.50. The zero-order valence-corrected chi connectivity index (χ0v) is 12.1. The minimum Gasteiger partial charge on any atom is -0.354 e. The molecule has 0 bridgehead atoms. The fraction of sp³-hybridized carbons (Fsp3) is 0.929. The van der Waals surface area contributed by atoms with Crippen molar-refractivity contribution in [1.29, 1.82) is 0 Å². The second-order valence-corrected chi connectivity index (χ2v) is 6.02. The summed E-state index contributed by atoms with van der Waals surface area (Å²) in [5.74, 6) is -2.54. The van der Waals surface area contributed by atoms with Gasteiger partial charge in [0.05, 0.1) is 12.6 Å².